The topological polar surface area (TPSA) is 80.0 Å². The Kier molecular flexibility index (Phi) is 2.47. The maximum absolute atomic E-state index is 10.8. The predicted molar refractivity (Wildman–Crippen MR) is 46.7 cm³/mol. The Morgan fingerprint density at radius 2 is 2.42 bits per heavy atom. The summed E-state index contributed by atoms with van der Waals surface area (Å²) < 4.78 is 0. The van der Waals surface area contributed by atoms with Crippen LogP contribution >= 0.6 is 0 Å². The summed E-state index contributed by atoms with van der Waals surface area (Å²) in [5, 5.41) is 4.98. The zero-order chi connectivity index (χ0) is 8.97. The first-order valence-electron chi connectivity index (χ1n) is 3.42. The van der Waals surface area contributed by atoms with Crippen LogP contribution in [0.1, 0.15) is 0 Å². The molecule has 0 spiro atoms. The van der Waals surface area contributed by atoms with Crippen LogP contribution in [0.25, 0.3) is 0 Å². The monoisotopic (exact) mass is 166 g/mol. The van der Waals surface area contributed by atoms with Crippen molar-refractivity contribution in [3.8, 4) is 0 Å². The number of aromatic nitrogens is 1. The quantitative estimate of drug-likeness (QED) is 0.565. The van der Waals surface area contributed by atoms with Gasteiger partial charge in [0.05, 0.1) is 0 Å². The minimum Gasteiger partial charge on any atom is -0.384 e. The Labute approximate surface area is 70.0 Å². The van der Waals surface area contributed by atoms with E-state index in [2.05, 4.69) is 15.6 Å². The summed E-state index contributed by atoms with van der Waals surface area (Å²) in [6.45, 7) is 0. The van der Waals surface area contributed by atoms with Crippen LogP contribution in [0.5, 0.6) is 0 Å². The van der Waals surface area contributed by atoms with Gasteiger partial charge < -0.3 is 16.4 Å². The summed E-state index contributed by atoms with van der Waals surface area (Å²) in [6, 6.07) is 2.96. The number of rotatable bonds is 1. The first-order valence-corrected chi connectivity index (χ1v) is 3.42. The van der Waals surface area contributed by atoms with Crippen molar-refractivity contribution in [3.63, 3.8) is 0 Å². The van der Waals surface area contributed by atoms with Crippen LogP contribution in [-0.2, 0) is 0 Å². The molecule has 0 saturated heterocycles. The van der Waals surface area contributed by atoms with E-state index >= 15 is 0 Å². The molecule has 0 aliphatic heterocycles. The molecule has 1 aromatic rings. The van der Waals surface area contributed by atoms with E-state index in [-0.39, 0.29) is 6.03 Å². The second kappa shape index (κ2) is 3.56. The fraction of sp³-hybridized carbons (Fsp3) is 0.143. The number of pyridine rings is 1. The molecule has 1 rings (SSSR count). The summed E-state index contributed by atoms with van der Waals surface area (Å²) >= 11 is 0. The maximum Gasteiger partial charge on any atom is 0.318 e. The van der Waals surface area contributed by atoms with E-state index in [0.717, 1.165) is 0 Å². The predicted octanol–water partition coefficient (Wildman–Crippen LogP) is 0.415. The molecular formula is C7H10N4O. The van der Waals surface area contributed by atoms with Crippen molar-refractivity contribution < 1.29 is 4.79 Å². The summed E-state index contributed by atoms with van der Waals surface area (Å²) in [6.07, 6.45) is 1.53. The number of anilines is 2. The third-order valence-electron chi connectivity index (χ3n) is 1.27. The van der Waals surface area contributed by atoms with Gasteiger partial charge in [0.2, 0.25) is 0 Å². The normalized spacial score (nSPS) is 9.08. The molecule has 4 N–H and O–H groups in total. The maximum atomic E-state index is 10.8. The van der Waals surface area contributed by atoms with E-state index in [4.69, 9.17) is 5.73 Å². The Hall–Kier alpha value is -1.78. The van der Waals surface area contributed by atoms with E-state index in [1.807, 2.05) is 0 Å². The van der Waals surface area contributed by atoms with Crippen molar-refractivity contribution in [2.75, 3.05) is 18.1 Å². The van der Waals surface area contributed by atoms with Gasteiger partial charge in [-0.05, 0) is 6.07 Å². The third kappa shape index (κ3) is 2.12. The lowest BCUT2D eigenvalue weighted by Crippen LogP contribution is -2.24. The van der Waals surface area contributed by atoms with Crippen molar-refractivity contribution >= 4 is 17.5 Å². The molecule has 1 heterocycles. The number of urea groups is 1. The highest BCUT2D eigenvalue weighted by molar-refractivity contribution is 5.89. The summed E-state index contributed by atoms with van der Waals surface area (Å²) in [5.74, 6) is 0.379. The molecule has 1 aromatic heterocycles. The SMILES string of the molecule is CNC(=O)Nc1ccnc(N)c1. The van der Waals surface area contributed by atoms with Crippen LogP contribution in [0, 0.1) is 0 Å². The van der Waals surface area contributed by atoms with Gasteiger partial charge in [0.25, 0.3) is 0 Å². The van der Waals surface area contributed by atoms with Gasteiger partial charge in [-0.15, -0.1) is 0 Å². The molecule has 0 aliphatic carbocycles. The van der Waals surface area contributed by atoms with Gasteiger partial charge in [0.1, 0.15) is 5.82 Å². The minimum atomic E-state index is -0.277. The number of carbonyl (C=O) groups excluding carboxylic acids is 1. The number of nitrogens with one attached hydrogen (secondary N) is 2. The van der Waals surface area contributed by atoms with Crippen molar-refractivity contribution in [2.45, 2.75) is 0 Å². The first-order chi connectivity index (χ1) is 5.72. The molecule has 0 radical (unpaired) electrons. The molecule has 0 atom stereocenters. The van der Waals surface area contributed by atoms with Crippen molar-refractivity contribution in [1.29, 1.82) is 0 Å². The number of hydrogen-bond acceptors (Lipinski definition) is 3. The minimum absolute atomic E-state index is 0.277. The summed E-state index contributed by atoms with van der Waals surface area (Å²) in [5.41, 5.74) is 6.02. The highest BCUT2D eigenvalue weighted by atomic mass is 16.2. The van der Waals surface area contributed by atoms with E-state index in [0.29, 0.717) is 11.5 Å². The lowest BCUT2D eigenvalue weighted by atomic mass is 10.4. The molecule has 0 unspecified atom stereocenters. The second-order valence-electron chi connectivity index (χ2n) is 2.17. The second-order valence-corrected chi connectivity index (χ2v) is 2.17. The summed E-state index contributed by atoms with van der Waals surface area (Å²) in [7, 11) is 1.54. The van der Waals surface area contributed by atoms with Gasteiger partial charge in [-0.3, -0.25) is 0 Å². The van der Waals surface area contributed by atoms with Gasteiger partial charge in [0, 0.05) is 25.0 Å². The Morgan fingerprint density at radius 1 is 1.67 bits per heavy atom. The fourth-order valence-corrected chi connectivity index (χ4v) is 0.720. The average molecular weight is 166 g/mol. The summed E-state index contributed by atoms with van der Waals surface area (Å²) in [4.78, 5) is 14.6. The van der Waals surface area contributed by atoms with Crippen molar-refractivity contribution in [1.82, 2.24) is 10.3 Å². The lowest BCUT2D eigenvalue weighted by Gasteiger charge is -2.03. The average Bonchev–Trinajstić information content (AvgIpc) is 2.04. The number of amides is 2. The van der Waals surface area contributed by atoms with Crippen LogP contribution in [0.2, 0.25) is 0 Å². The molecule has 0 fully saturated rings. The van der Waals surface area contributed by atoms with Crippen LogP contribution in [-0.4, -0.2) is 18.1 Å². The van der Waals surface area contributed by atoms with E-state index in [1.54, 1.807) is 19.2 Å². The van der Waals surface area contributed by atoms with Gasteiger partial charge in [-0.2, -0.15) is 0 Å². The van der Waals surface area contributed by atoms with E-state index in [1.165, 1.54) is 6.20 Å². The molecule has 5 heteroatoms. The highest BCUT2D eigenvalue weighted by Gasteiger charge is 1.97. The van der Waals surface area contributed by atoms with E-state index in [9.17, 15) is 4.79 Å². The van der Waals surface area contributed by atoms with Crippen molar-refractivity contribution in [2.24, 2.45) is 0 Å². The molecule has 64 valence electrons. The standard InChI is InChI=1S/C7H10N4O/c1-9-7(12)11-5-2-3-10-6(8)4-5/h2-4H,1H3,(H4,8,9,10,11,12). The molecule has 5 nitrogen and oxygen atoms in total. The molecular weight excluding hydrogens is 156 g/mol. The van der Waals surface area contributed by atoms with Gasteiger partial charge in [-0.1, -0.05) is 0 Å². The Bertz CT molecular complexity index is 286. The molecule has 0 aromatic carbocycles. The Morgan fingerprint density at radius 3 is 3.00 bits per heavy atom. The molecule has 0 saturated carbocycles. The smallest absolute Gasteiger partial charge is 0.318 e. The number of nitrogens with two attached hydrogens (primary N) is 1. The number of hydrogen-bond donors (Lipinski definition) is 3. The zero-order valence-electron chi connectivity index (χ0n) is 6.66. The van der Waals surface area contributed by atoms with Crippen LogP contribution < -0.4 is 16.4 Å². The Balaban J connectivity index is 2.69. The first kappa shape index (κ1) is 8.32. The van der Waals surface area contributed by atoms with Crippen LogP contribution in [0.15, 0.2) is 18.3 Å². The number of nitrogens with zero attached hydrogens (tertiary/aromatic N) is 1. The van der Waals surface area contributed by atoms with Crippen LogP contribution in [0.3, 0.4) is 0 Å². The fourth-order valence-electron chi connectivity index (χ4n) is 0.720. The van der Waals surface area contributed by atoms with Gasteiger partial charge in [0.15, 0.2) is 0 Å². The zero-order valence-corrected chi connectivity index (χ0v) is 6.66. The van der Waals surface area contributed by atoms with Gasteiger partial charge in [-0.25, -0.2) is 9.78 Å². The number of carbonyl (C=O) groups is 1. The molecule has 2 amide bonds. The van der Waals surface area contributed by atoms with E-state index < -0.39 is 0 Å². The van der Waals surface area contributed by atoms with Crippen LogP contribution in [0.4, 0.5) is 16.3 Å². The lowest BCUT2D eigenvalue weighted by molar-refractivity contribution is 0.254. The molecule has 0 bridgehead atoms. The number of nitrogen functional groups attached to an aromatic ring is 1. The van der Waals surface area contributed by atoms with Crippen molar-refractivity contribution in [3.05, 3.63) is 18.3 Å². The largest absolute Gasteiger partial charge is 0.384 e. The molecule has 0 aliphatic rings. The van der Waals surface area contributed by atoms with Gasteiger partial charge >= 0.3 is 6.03 Å². The molecule has 12 heavy (non-hydrogen) atoms. The highest BCUT2D eigenvalue weighted by Crippen LogP contribution is 2.07. The third-order valence-corrected chi connectivity index (χ3v) is 1.27.